The Morgan fingerprint density at radius 1 is 1.42 bits per heavy atom. The van der Waals surface area contributed by atoms with Crippen LogP contribution in [0.4, 0.5) is 0 Å². The number of rotatable bonds is 5. The highest BCUT2D eigenvalue weighted by Gasteiger charge is 2.31. The van der Waals surface area contributed by atoms with Crippen LogP contribution in [0.1, 0.15) is 17.5 Å². The van der Waals surface area contributed by atoms with Gasteiger partial charge in [-0.05, 0) is 24.1 Å². The highest BCUT2D eigenvalue weighted by atomic mass is 16.5. The van der Waals surface area contributed by atoms with Crippen LogP contribution in [0.5, 0.6) is 0 Å². The average Bonchev–Trinajstić information content (AvgIpc) is 2.82. The minimum absolute atomic E-state index is 0.277. The lowest BCUT2D eigenvalue weighted by Gasteiger charge is -2.23. The predicted molar refractivity (Wildman–Crippen MR) is 72.6 cm³/mol. The molecule has 0 bridgehead atoms. The maximum Gasteiger partial charge on any atom is 0.0991 e. The normalized spacial score (nSPS) is 23.4. The number of hydrogen-bond donors (Lipinski definition) is 0. The van der Waals surface area contributed by atoms with Crippen LogP contribution >= 0.6 is 0 Å². The Bertz CT molecular complexity index is 456. The third kappa shape index (κ3) is 3.54. The Labute approximate surface area is 114 Å². The molecule has 1 fully saturated rings. The van der Waals surface area contributed by atoms with E-state index >= 15 is 0 Å². The summed E-state index contributed by atoms with van der Waals surface area (Å²) in [5.74, 6) is 0. The van der Waals surface area contributed by atoms with Crippen LogP contribution in [0.2, 0.25) is 0 Å². The van der Waals surface area contributed by atoms with Crippen LogP contribution in [0, 0.1) is 11.3 Å². The van der Waals surface area contributed by atoms with Gasteiger partial charge in [0.1, 0.15) is 0 Å². The van der Waals surface area contributed by atoms with E-state index in [-0.39, 0.29) is 6.10 Å². The molecule has 0 amide bonds. The Morgan fingerprint density at radius 2 is 2.26 bits per heavy atom. The molecule has 1 aromatic rings. The molecule has 2 rings (SSSR count). The largest absolute Gasteiger partial charge is 0.383 e. The summed E-state index contributed by atoms with van der Waals surface area (Å²) in [6.07, 6.45) is 1.28. The van der Waals surface area contributed by atoms with Gasteiger partial charge >= 0.3 is 0 Å². The molecule has 0 aliphatic carbocycles. The van der Waals surface area contributed by atoms with Crippen LogP contribution in [0.25, 0.3) is 0 Å². The molecular formula is C15H20N2O2. The van der Waals surface area contributed by atoms with E-state index in [0.29, 0.717) is 11.6 Å². The van der Waals surface area contributed by atoms with Gasteiger partial charge in [-0.2, -0.15) is 5.26 Å². The molecule has 4 heteroatoms. The molecule has 0 spiro atoms. The molecule has 2 atom stereocenters. The van der Waals surface area contributed by atoms with Crippen molar-refractivity contribution in [2.45, 2.75) is 25.1 Å². The Kier molecular flexibility index (Phi) is 4.92. The second-order valence-electron chi connectivity index (χ2n) is 4.94. The van der Waals surface area contributed by atoms with E-state index in [2.05, 4.69) is 17.0 Å². The van der Waals surface area contributed by atoms with E-state index in [1.54, 1.807) is 14.2 Å². The predicted octanol–water partition coefficient (Wildman–Crippen LogP) is 1.79. The van der Waals surface area contributed by atoms with Gasteiger partial charge in [0, 0.05) is 33.4 Å². The van der Waals surface area contributed by atoms with Gasteiger partial charge in [-0.25, -0.2) is 0 Å². The average molecular weight is 260 g/mol. The standard InChI is InChI=1S/C15H20N2O2/c1-18-11-14-7-15(19-2)10-17(14)9-13-5-3-4-12(6-13)8-16/h3-6,14-15H,7,9-11H2,1-2H3/t14-,15+/m0/s1. The minimum atomic E-state index is 0.277. The van der Waals surface area contributed by atoms with E-state index in [4.69, 9.17) is 14.7 Å². The van der Waals surface area contributed by atoms with Crippen molar-refractivity contribution in [3.63, 3.8) is 0 Å². The fourth-order valence-corrected chi connectivity index (χ4v) is 2.64. The highest BCUT2D eigenvalue weighted by Crippen LogP contribution is 2.22. The van der Waals surface area contributed by atoms with Crippen molar-refractivity contribution in [3.05, 3.63) is 35.4 Å². The molecule has 0 N–H and O–H groups in total. The molecule has 0 aromatic heterocycles. The number of nitriles is 1. The summed E-state index contributed by atoms with van der Waals surface area (Å²) in [7, 11) is 3.49. The summed E-state index contributed by atoms with van der Waals surface area (Å²) in [4.78, 5) is 2.37. The van der Waals surface area contributed by atoms with Gasteiger partial charge in [0.05, 0.1) is 24.3 Å². The fraction of sp³-hybridized carbons (Fsp3) is 0.533. The molecule has 0 saturated carbocycles. The van der Waals surface area contributed by atoms with Crippen LogP contribution in [-0.4, -0.2) is 44.4 Å². The number of nitrogens with zero attached hydrogens (tertiary/aromatic N) is 2. The third-order valence-electron chi connectivity index (χ3n) is 3.62. The van der Waals surface area contributed by atoms with E-state index < -0.39 is 0 Å². The molecule has 4 nitrogen and oxygen atoms in total. The molecule has 1 aliphatic heterocycles. The summed E-state index contributed by atoms with van der Waals surface area (Å²) in [6, 6.07) is 10.3. The zero-order chi connectivity index (χ0) is 13.7. The van der Waals surface area contributed by atoms with Crippen LogP contribution in [-0.2, 0) is 16.0 Å². The summed E-state index contributed by atoms with van der Waals surface area (Å²) in [5, 5.41) is 8.94. The lowest BCUT2D eigenvalue weighted by atomic mass is 10.1. The topological polar surface area (TPSA) is 45.5 Å². The van der Waals surface area contributed by atoms with Gasteiger partial charge in [-0.1, -0.05) is 12.1 Å². The maximum atomic E-state index is 8.94. The molecule has 1 saturated heterocycles. The van der Waals surface area contributed by atoms with Gasteiger partial charge in [-0.15, -0.1) is 0 Å². The maximum absolute atomic E-state index is 8.94. The summed E-state index contributed by atoms with van der Waals surface area (Å²) in [6.45, 7) is 2.47. The zero-order valence-corrected chi connectivity index (χ0v) is 11.5. The van der Waals surface area contributed by atoms with Crippen molar-refractivity contribution >= 4 is 0 Å². The SMILES string of the molecule is COC[C@@H]1C[C@@H](OC)CN1Cc1cccc(C#N)c1. The van der Waals surface area contributed by atoms with Gasteiger partial charge in [0.2, 0.25) is 0 Å². The van der Waals surface area contributed by atoms with Crippen molar-refractivity contribution in [3.8, 4) is 6.07 Å². The third-order valence-corrected chi connectivity index (χ3v) is 3.62. The van der Waals surface area contributed by atoms with E-state index in [9.17, 15) is 0 Å². The van der Waals surface area contributed by atoms with E-state index in [1.165, 1.54) is 0 Å². The molecule has 1 aliphatic rings. The van der Waals surface area contributed by atoms with Crippen molar-refractivity contribution < 1.29 is 9.47 Å². The van der Waals surface area contributed by atoms with Gasteiger partial charge in [-0.3, -0.25) is 4.90 Å². The van der Waals surface area contributed by atoms with Crippen LogP contribution < -0.4 is 0 Å². The second kappa shape index (κ2) is 6.67. The van der Waals surface area contributed by atoms with Crippen molar-refractivity contribution in [1.82, 2.24) is 4.90 Å². The number of likely N-dealkylation sites (tertiary alicyclic amines) is 1. The molecule has 1 heterocycles. The number of hydrogen-bond acceptors (Lipinski definition) is 4. The van der Waals surface area contributed by atoms with Crippen molar-refractivity contribution in [2.75, 3.05) is 27.4 Å². The van der Waals surface area contributed by atoms with Crippen LogP contribution in [0.3, 0.4) is 0 Å². The molecule has 19 heavy (non-hydrogen) atoms. The number of methoxy groups -OCH3 is 2. The number of ether oxygens (including phenoxy) is 2. The first-order valence-electron chi connectivity index (χ1n) is 6.51. The molecular weight excluding hydrogens is 240 g/mol. The van der Waals surface area contributed by atoms with E-state index in [0.717, 1.165) is 31.7 Å². The summed E-state index contributed by atoms with van der Waals surface area (Å²) < 4.78 is 10.7. The van der Waals surface area contributed by atoms with Crippen molar-refractivity contribution in [2.24, 2.45) is 0 Å². The number of benzene rings is 1. The first kappa shape index (κ1) is 14.0. The van der Waals surface area contributed by atoms with E-state index in [1.807, 2.05) is 18.2 Å². The van der Waals surface area contributed by atoms with Gasteiger partial charge in [0.15, 0.2) is 0 Å². The van der Waals surface area contributed by atoms with Crippen molar-refractivity contribution in [1.29, 1.82) is 5.26 Å². The quantitative estimate of drug-likeness (QED) is 0.809. The van der Waals surface area contributed by atoms with Gasteiger partial charge < -0.3 is 9.47 Å². The highest BCUT2D eigenvalue weighted by molar-refractivity contribution is 5.32. The lowest BCUT2D eigenvalue weighted by molar-refractivity contribution is 0.106. The molecule has 0 unspecified atom stereocenters. The fourth-order valence-electron chi connectivity index (χ4n) is 2.64. The first-order valence-corrected chi connectivity index (χ1v) is 6.51. The Hall–Kier alpha value is -1.41. The smallest absolute Gasteiger partial charge is 0.0991 e. The molecule has 1 aromatic carbocycles. The minimum Gasteiger partial charge on any atom is -0.383 e. The Morgan fingerprint density at radius 3 is 2.95 bits per heavy atom. The first-order chi connectivity index (χ1) is 9.26. The monoisotopic (exact) mass is 260 g/mol. The summed E-state index contributed by atoms with van der Waals surface area (Å²) in [5.41, 5.74) is 1.88. The second-order valence-corrected chi connectivity index (χ2v) is 4.94. The lowest BCUT2D eigenvalue weighted by Crippen LogP contribution is -2.32. The zero-order valence-electron chi connectivity index (χ0n) is 11.5. The molecule has 102 valence electrons. The molecule has 0 radical (unpaired) electrons. The van der Waals surface area contributed by atoms with Crippen LogP contribution in [0.15, 0.2) is 24.3 Å². The Balaban J connectivity index is 2.05. The summed E-state index contributed by atoms with van der Waals surface area (Å²) >= 11 is 0. The van der Waals surface area contributed by atoms with Gasteiger partial charge in [0.25, 0.3) is 0 Å².